The highest BCUT2D eigenvalue weighted by Crippen LogP contribution is 2.33. The number of hydrogen-bond donors (Lipinski definition) is 1. The average Bonchev–Trinajstić information content (AvgIpc) is 3.11. The second kappa shape index (κ2) is 4.44. The van der Waals surface area contributed by atoms with E-state index in [9.17, 15) is 14.4 Å². The van der Waals surface area contributed by atoms with Crippen molar-refractivity contribution in [2.24, 2.45) is 5.92 Å². The van der Waals surface area contributed by atoms with Crippen LogP contribution in [-0.4, -0.2) is 48.9 Å². The topological polar surface area (TPSA) is 75.7 Å². The summed E-state index contributed by atoms with van der Waals surface area (Å²) in [7, 11) is 2.78. The first-order valence-corrected chi connectivity index (χ1v) is 5.69. The largest absolute Gasteiger partial charge is 0.468 e. The van der Waals surface area contributed by atoms with Crippen LogP contribution in [0.15, 0.2) is 0 Å². The van der Waals surface area contributed by atoms with E-state index in [0.717, 1.165) is 17.7 Å². The lowest BCUT2D eigenvalue weighted by Gasteiger charge is -2.19. The third-order valence-corrected chi connectivity index (χ3v) is 3.31. The van der Waals surface area contributed by atoms with Gasteiger partial charge in [0.1, 0.15) is 6.04 Å². The van der Waals surface area contributed by atoms with Crippen molar-refractivity contribution in [2.45, 2.75) is 31.3 Å². The Hall–Kier alpha value is -1.43. The minimum Gasteiger partial charge on any atom is -0.468 e. The number of hydrogen-bond acceptors (Lipinski definition) is 5. The minimum atomic E-state index is -0.586. The van der Waals surface area contributed by atoms with Crippen LogP contribution in [0.1, 0.15) is 19.3 Å². The number of methoxy groups -OCH3 is 1. The number of amides is 2. The first kappa shape index (κ1) is 12.0. The van der Waals surface area contributed by atoms with Gasteiger partial charge in [0.05, 0.1) is 19.6 Å². The third kappa shape index (κ3) is 2.31. The molecule has 0 aromatic rings. The molecule has 1 saturated carbocycles. The van der Waals surface area contributed by atoms with Crippen LogP contribution in [0.2, 0.25) is 0 Å². The number of carbonyl (C=O) groups excluding carboxylic acids is 3. The smallest absolute Gasteiger partial charge is 0.323 e. The molecule has 1 saturated heterocycles. The molecule has 2 aliphatic rings. The lowest BCUT2D eigenvalue weighted by atomic mass is 10.1. The van der Waals surface area contributed by atoms with Crippen molar-refractivity contribution in [1.29, 1.82) is 0 Å². The van der Waals surface area contributed by atoms with Crippen molar-refractivity contribution in [2.75, 3.05) is 14.2 Å². The van der Waals surface area contributed by atoms with Gasteiger partial charge in [0.25, 0.3) is 0 Å². The van der Waals surface area contributed by atoms with Crippen LogP contribution in [0, 0.1) is 5.92 Å². The summed E-state index contributed by atoms with van der Waals surface area (Å²) in [4.78, 5) is 35.7. The van der Waals surface area contributed by atoms with Crippen molar-refractivity contribution in [3.63, 3.8) is 0 Å². The fourth-order valence-corrected chi connectivity index (χ4v) is 2.06. The van der Waals surface area contributed by atoms with Gasteiger partial charge in [-0.3, -0.25) is 24.6 Å². The maximum absolute atomic E-state index is 11.7. The highest BCUT2D eigenvalue weighted by molar-refractivity contribution is 6.05. The van der Waals surface area contributed by atoms with Crippen molar-refractivity contribution in [1.82, 2.24) is 10.2 Å². The maximum atomic E-state index is 11.7. The molecule has 6 heteroatoms. The zero-order valence-electron chi connectivity index (χ0n) is 9.93. The van der Waals surface area contributed by atoms with Crippen molar-refractivity contribution in [3.8, 4) is 0 Å². The summed E-state index contributed by atoms with van der Waals surface area (Å²) in [6.07, 6.45) is 2.03. The van der Waals surface area contributed by atoms with Crippen LogP contribution >= 0.6 is 0 Å². The fraction of sp³-hybridized carbons (Fsp3) is 0.727. The molecule has 2 rings (SSSR count). The number of imide groups is 1. The Bertz CT molecular complexity index is 364. The Labute approximate surface area is 99.3 Å². The van der Waals surface area contributed by atoms with Crippen LogP contribution in [0.5, 0.6) is 0 Å². The van der Waals surface area contributed by atoms with Gasteiger partial charge in [0.15, 0.2) is 0 Å². The van der Waals surface area contributed by atoms with E-state index < -0.39 is 12.1 Å². The van der Waals surface area contributed by atoms with Gasteiger partial charge < -0.3 is 4.74 Å². The molecular formula is C11H16N2O4. The molecule has 1 heterocycles. The number of nitrogens with zero attached hydrogens (tertiary/aromatic N) is 1. The lowest BCUT2D eigenvalue weighted by molar-refractivity contribution is -0.144. The van der Waals surface area contributed by atoms with Crippen LogP contribution in [0.4, 0.5) is 0 Å². The van der Waals surface area contributed by atoms with E-state index in [1.165, 1.54) is 14.2 Å². The van der Waals surface area contributed by atoms with Crippen LogP contribution in [0.25, 0.3) is 0 Å². The molecule has 1 aliphatic carbocycles. The molecule has 94 valence electrons. The Kier molecular flexibility index (Phi) is 3.15. The summed E-state index contributed by atoms with van der Waals surface area (Å²) in [5, 5.41) is 2.95. The van der Waals surface area contributed by atoms with E-state index in [0.29, 0.717) is 0 Å². The molecule has 0 aromatic heterocycles. The number of likely N-dealkylation sites (tertiary alicyclic amines) is 1. The quantitative estimate of drug-likeness (QED) is 0.518. The maximum Gasteiger partial charge on any atom is 0.323 e. The van der Waals surface area contributed by atoms with Gasteiger partial charge in [-0.15, -0.1) is 0 Å². The van der Waals surface area contributed by atoms with E-state index in [2.05, 4.69) is 5.32 Å². The van der Waals surface area contributed by atoms with Gasteiger partial charge in [-0.05, 0) is 18.8 Å². The van der Waals surface area contributed by atoms with Crippen LogP contribution in [0.3, 0.4) is 0 Å². The summed E-state index contributed by atoms with van der Waals surface area (Å²) < 4.78 is 4.70. The van der Waals surface area contributed by atoms with Crippen molar-refractivity contribution < 1.29 is 19.1 Å². The number of likely N-dealkylation sites (N-methyl/N-ethyl adjacent to an activating group) is 1. The second-order valence-corrected chi connectivity index (χ2v) is 4.55. The Balaban J connectivity index is 2.01. The third-order valence-electron chi connectivity index (χ3n) is 3.31. The summed E-state index contributed by atoms with van der Waals surface area (Å²) in [6, 6.07) is -1.05. The van der Waals surface area contributed by atoms with Gasteiger partial charge in [0, 0.05) is 7.05 Å². The molecule has 1 aliphatic heterocycles. The molecule has 0 radical (unpaired) electrons. The van der Waals surface area contributed by atoms with E-state index in [1.54, 1.807) is 0 Å². The first-order chi connectivity index (χ1) is 8.04. The van der Waals surface area contributed by atoms with Gasteiger partial charge >= 0.3 is 5.97 Å². The predicted molar refractivity (Wildman–Crippen MR) is 57.8 cm³/mol. The Morgan fingerprint density at radius 1 is 1.47 bits per heavy atom. The number of carbonyl (C=O) groups is 3. The van der Waals surface area contributed by atoms with Crippen molar-refractivity contribution in [3.05, 3.63) is 0 Å². The Morgan fingerprint density at radius 2 is 2.12 bits per heavy atom. The molecule has 0 bridgehead atoms. The molecule has 1 N–H and O–H groups in total. The zero-order chi connectivity index (χ0) is 12.6. The van der Waals surface area contributed by atoms with Gasteiger partial charge in [0.2, 0.25) is 11.8 Å². The van der Waals surface area contributed by atoms with E-state index in [4.69, 9.17) is 4.74 Å². The highest BCUT2D eigenvalue weighted by atomic mass is 16.5. The monoisotopic (exact) mass is 240 g/mol. The molecule has 6 nitrogen and oxygen atoms in total. The van der Waals surface area contributed by atoms with Gasteiger partial charge in [-0.25, -0.2) is 0 Å². The van der Waals surface area contributed by atoms with Crippen LogP contribution < -0.4 is 5.32 Å². The molecule has 2 amide bonds. The minimum absolute atomic E-state index is 0.121. The SMILES string of the molecule is COC(=O)C(NC1CC(=O)N(C)C1=O)C1CC1. The fourth-order valence-electron chi connectivity index (χ4n) is 2.06. The summed E-state index contributed by atoms with van der Waals surface area (Å²) in [5.41, 5.74) is 0. The average molecular weight is 240 g/mol. The zero-order valence-corrected chi connectivity index (χ0v) is 9.93. The molecule has 0 spiro atoms. The number of esters is 1. The van der Waals surface area contributed by atoms with Crippen LogP contribution in [-0.2, 0) is 19.1 Å². The summed E-state index contributed by atoms with van der Waals surface area (Å²) >= 11 is 0. The molecule has 2 fully saturated rings. The van der Waals surface area contributed by atoms with Gasteiger partial charge in [-0.2, -0.15) is 0 Å². The summed E-state index contributed by atoms with van der Waals surface area (Å²) in [6.45, 7) is 0. The Morgan fingerprint density at radius 3 is 2.53 bits per heavy atom. The first-order valence-electron chi connectivity index (χ1n) is 5.69. The second-order valence-electron chi connectivity index (χ2n) is 4.55. The number of nitrogens with one attached hydrogen (secondary N) is 1. The van der Waals surface area contributed by atoms with Gasteiger partial charge in [-0.1, -0.05) is 0 Å². The predicted octanol–water partition coefficient (Wildman–Crippen LogP) is -0.715. The number of rotatable bonds is 4. The van der Waals surface area contributed by atoms with E-state index in [-0.39, 0.29) is 30.1 Å². The van der Waals surface area contributed by atoms with E-state index >= 15 is 0 Å². The molecular weight excluding hydrogens is 224 g/mol. The van der Waals surface area contributed by atoms with Crippen molar-refractivity contribution >= 4 is 17.8 Å². The molecule has 2 unspecified atom stereocenters. The number of ether oxygens (including phenoxy) is 1. The lowest BCUT2D eigenvalue weighted by Crippen LogP contribution is -2.48. The molecule has 2 atom stereocenters. The van der Waals surface area contributed by atoms with E-state index in [1.807, 2.05) is 0 Å². The summed E-state index contributed by atoms with van der Waals surface area (Å²) in [5.74, 6) is -0.616. The molecule has 17 heavy (non-hydrogen) atoms. The standard InChI is InChI=1S/C11H16N2O4/c1-13-8(14)5-7(10(13)15)12-9(6-3-4-6)11(16)17-2/h6-7,9,12H,3-5H2,1-2H3. The normalized spacial score (nSPS) is 26.2. The highest BCUT2D eigenvalue weighted by Gasteiger charge is 2.43. The molecule has 0 aromatic carbocycles.